The van der Waals surface area contributed by atoms with Crippen LogP contribution in [0.1, 0.15) is 26.2 Å². The lowest BCUT2D eigenvalue weighted by molar-refractivity contribution is 0.312. The van der Waals surface area contributed by atoms with Crippen LogP contribution in [-0.4, -0.2) is 35.2 Å². The summed E-state index contributed by atoms with van der Waals surface area (Å²) in [5.74, 6) is 2.00. The van der Waals surface area contributed by atoms with Crippen molar-refractivity contribution in [3.05, 3.63) is 0 Å². The van der Waals surface area contributed by atoms with E-state index in [9.17, 15) is 0 Å². The lowest BCUT2D eigenvalue weighted by atomic mass is 10.3. The molecule has 2 N–H and O–H groups in total. The fourth-order valence-corrected chi connectivity index (χ4v) is 1.54. The molecule has 2 rings (SSSR count). The highest BCUT2D eigenvalue weighted by molar-refractivity contribution is 5.35. The van der Waals surface area contributed by atoms with Gasteiger partial charge in [-0.25, -0.2) is 0 Å². The van der Waals surface area contributed by atoms with Gasteiger partial charge in [-0.3, -0.25) is 0 Å². The molecule has 6 nitrogen and oxygen atoms in total. The molecule has 0 saturated heterocycles. The molecule has 1 aliphatic rings. The largest absolute Gasteiger partial charge is 0.464 e. The van der Waals surface area contributed by atoms with Crippen molar-refractivity contribution in [2.45, 2.75) is 26.2 Å². The van der Waals surface area contributed by atoms with Crippen LogP contribution in [0.2, 0.25) is 0 Å². The first kappa shape index (κ1) is 11.9. The van der Waals surface area contributed by atoms with E-state index in [0.717, 1.165) is 12.5 Å². The Bertz CT molecular complexity index is 367. The average Bonchev–Trinajstić information content (AvgIpc) is 3.13. The summed E-state index contributed by atoms with van der Waals surface area (Å²) in [6.45, 7) is 3.36. The van der Waals surface area contributed by atoms with Crippen molar-refractivity contribution in [2.75, 3.05) is 30.8 Å². The number of rotatable bonds is 7. The van der Waals surface area contributed by atoms with Gasteiger partial charge in [0.05, 0.1) is 6.61 Å². The zero-order valence-electron chi connectivity index (χ0n) is 10.4. The minimum atomic E-state index is 0.362. The number of hydrogen-bond donors (Lipinski definition) is 2. The number of ether oxygens (including phenoxy) is 1. The van der Waals surface area contributed by atoms with E-state index in [-0.39, 0.29) is 0 Å². The normalized spacial score (nSPS) is 14.5. The van der Waals surface area contributed by atoms with Crippen molar-refractivity contribution in [3.8, 4) is 6.01 Å². The Morgan fingerprint density at radius 2 is 2.00 bits per heavy atom. The van der Waals surface area contributed by atoms with Gasteiger partial charge in [0.15, 0.2) is 0 Å². The number of hydrogen-bond acceptors (Lipinski definition) is 6. The molecular weight excluding hydrogens is 218 g/mol. The summed E-state index contributed by atoms with van der Waals surface area (Å²) in [6.07, 6.45) is 3.92. The van der Waals surface area contributed by atoms with Crippen LogP contribution in [0, 0.1) is 5.92 Å². The molecule has 0 unspecified atom stereocenters. The van der Waals surface area contributed by atoms with Gasteiger partial charge in [-0.15, -0.1) is 0 Å². The van der Waals surface area contributed by atoms with Crippen LogP contribution in [0.25, 0.3) is 0 Å². The van der Waals surface area contributed by atoms with Crippen LogP contribution in [-0.2, 0) is 0 Å². The van der Waals surface area contributed by atoms with E-state index in [1.54, 1.807) is 7.05 Å². The summed E-state index contributed by atoms with van der Waals surface area (Å²) < 4.78 is 5.29. The Kier molecular flexibility index (Phi) is 3.95. The van der Waals surface area contributed by atoms with Crippen LogP contribution >= 0.6 is 0 Å². The predicted molar refractivity (Wildman–Crippen MR) is 66.4 cm³/mol. The van der Waals surface area contributed by atoms with E-state index in [1.165, 1.54) is 19.3 Å². The quantitative estimate of drug-likeness (QED) is 0.749. The van der Waals surface area contributed by atoms with E-state index in [4.69, 9.17) is 4.74 Å². The monoisotopic (exact) mass is 237 g/mol. The summed E-state index contributed by atoms with van der Waals surface area (Å²) in [7, 11) is 1.78. The van der Waals surface area contributed by atoms with E-state index in [2.05, 4.69) is 25.6 Å². The molecule has 6 heteroatoms. The minimum Gasteiger partial charge on any atom is -0.464 e. The molecule has 17 heavy (non-hydrogen) atoms. The van der Waals surface area contributed by atoms with Gasteiger partial charge in [0.2, 0.25) is 11.9 Å². The molecule has 1 aromatic rings. The Morgan fingerprint density at radius 3 is 2.65 bits per heavy atom. The van der Waals surface area contributed by atoms with Gasteiger partial charge in [0, 0.05) is 13.6 Å². The molecule has 1 heterocycles. The van der Waals surface area contributed by atoms with Crippen LogP contribution in [0.15, 0.2) is 0 Å². The van der Waals surface area contributed by atoms with E-state index in [1.807, 2.05) is 6.92 Å². The molecule has 1 saturated carbocycles. The lowest BCUT2D eigenvalue weighted by Crippen LogP contribution is -2.10. The SMILES string of the molecule is CCOc1nc(NC)nc(NCCC2CC2)n1. The number of nitrogens with one attached hydrogen (secondary N) is 2. The summed E-state index contributed by atoms with van der Waals surface area (Å²) in [5.41, 5.74) is 0. The molecule has 0 radical (unpaired) electrons. The van der Waals surface area contributed by atoms with Crippen LogP contribution in [0.4, 0.5) is 11.9 Å². The van der Waals surface area contributed by atoms with Gasteiger partial charge in [-0.2, -0.15) is 15.0 Å². The Balaban J connectivity index is 1.94. The molecule has 0 bridgehead atoms. The Hall–Kier alpha value is -1.59. The lowest BCUT2D eigenvalue weighted by Gasteiger charge is -2.08. The maximum Gasteiger partial charge on any atom is 0.323 e. The number of nitrogens with zero attached hydrogens (tertiary/aromatic N) is 3. The third-order valence-electron chi connectivity index (χ3n) is 2.64. The van der Waals surface area contributed by atoms with Crippen molar-refractivity contribution in [3.63, 3.8) is 0 Å². The molecule has 1 aromatic heterocycles. The molecule has 0 aromatic carbocycles. The fourth-order valence-electron chi connectivity index (χ4n) is 1.54. The number of anilines is 2. The summed E-state index contributed by atoms with van der Waals surface area (Å²) in [6, 6.07) is 0.362. The van der Waals surface area contributed by atoms with Gasteiger partial charge in [0.1, 0.15) is 0 Å². The van der Waals surface area contributed by atoms with Gasteiger partial charge >= 0.3 is 6.01 Å². The minimum absolute atomic E-state index is 0.362. The van der Waals surface area contributed by atoms with Crippen LogP contribution < -0.4 is 15.4 Å². The maximum atomic E-state index is 5.29. The first-order valence-electron chi connectivity index (χ1n) is 6.12. The van der Waals surface area contributed by atoms with Crippen molar-refractivity contribution in [1.29, 1.82) is 0 Å². The van der Waals surface area contributed by atoms with E-state index in [0.29, 0.717) is 24.5 Å². The molecule has 0 atom stereocenters. The third-order valence-corrected chi connectivity index (χ3v) is 2.64. The van der Waals surface area contributed by atoms with Crippen molar-refractivity contribution in [1.82, 2.24) is 15.0 Å². The third kappa shape index (κ3) is 3.72. The van der Waals surface area contributed by atoms with Crippen LogP contribution in [0.5, 0.6) is 6.01 Å². The molecule has 0 spiro atoms. The highest BCUT2D eigenvalue weighted by Gasteiger charge is 2.20. The van der Waals surface area contributed by atoms with Gasteiger partial charge in [-0.05, 0) is 19.3 Å². The second kappa shape index (κ2) is 5.65. The first-order chi connectivity index (χ1) is 8.31. The topological polar surface area (TPSA) is 72.0 Å². The van der Waals surface area contributed by atoms with E-state index < -0.39 is 0 Å². The summed E-state index contributed by atoms with van der Waals surface area (Å²) in [5, 5.41) is 6.10. The molecule has 1 aliphatic carbocycles. The molecular formula is C11H19N5O. The zero-order valence-corrected chi connectivity index (χ0v) is 10.4. The van der Waals surface area contributed by atoms with Gasteiger partial charge in [0.25, 0.3) is 0 Å². The summed E-state index contributed by atoms with van der Waals surface area (Å²) in [4.78, 5) is 12.5. The second-order valence-electron chi connectivity index (χ2n) is 4.11. The van der Waals surface area contributed by atoms with Gasteiger partial charge in [-0.1, -0.05) is 12.8 Å². The second-order valence-corrected chi connectivity index (χ2v) is 4.11. The van der Waals surface area contributed by atoms with Crippen molar-refractivity contribution in [2.24, 2.45) is 5.92 Å². The zero-order chi connectivity index (χ0) is 12.1. The Labute approximate surface area is 101 Å². The molecule has 94 valence electrons. The Morgan fingerprint density at radius 1 is 1.24 bits per heavy atom. The maximum absolute atomic E-state index is 5.29. The predicted octanol–water partition coefficient (Wildman–Crippen LogP) is 1.52. The highest BCUT2D eigenvalue weighted by atomic mass is 16.5. The molecule has 1 fully saturated rings. The van der Waals surface area contributed by atoms with E-state index >= 15 is 0 Å². The highest BCUT2D eigenvalue weighted by Crippen LogP contribution is 2.31. The van der Waals surface area contributed by atoms with Crippen molar-refractivity contribution < 1.29 is 4.74 Å². The first-order valence-corrected chi connectivity index (χ1v) is 6.12. The fraction of sp³-hybridized carbons (Fsp3) is 0.727. The molecule has 0 aliphatic heterocycles. The summed E-state index contributed by atoms with van der Waals surface area (Å²) >= 11 is 0. The standard InChI is InChI=1S/C11H19N5O/c1-3-17-11-15-9(12-2)14-10(16-11)13-7-6-8-4-5-8/h8H,3-7H2,1-2H3,(H2,12,13,14,15,16). The molecule has 0 amide bonds. The number of aromatic nitrogens is 3. The van der Waals surface area contributed by atoms with Gasteiger partial charge < -0.3 is 15.4 Å². The van der Waals surface area contributed by atoms with Crippen molar-refractivity contribution >= 4 is 11.9 Å². The average molecular weight is 237 g/mol. The smallest absolute Gasteiger partial charge is 0.323 e. The van der Waals surface area contributed by atoms with Crippen LogP contribution in [0.3, 0.4) is 0 Å².